The van der Waals surface area contributed by atoms with Crippen LogP contribution in [0.25, 0.3) is 0 Å². The van der Waals surface area contributed by atoms with Gasteiger partial charge in [-0.2, -0.15) is 0 Å². The molecule has 0 bridgehead atoms. The van der Waals surface area contributed by atoms with Crippen LogP contribution < -0.4 is 5.56 Å². The van der Waals surface area contributed by atoms with Gasteiger partial charge in [0.05, 0.1) is 0 Å². The van der Waals surface area contributed by atoms with Gasteiger partial charge in [0.15, 0.2) is 0 Å². The minimum Gasteiger partial charge on any atom is -0.329 e. The van der Waals surface area contributed by atoms with E-state index in [1.165, 1.54) is 0 Å². The summed E-state index contributed by atoms with van der Waals surface area (Å²) in [5.41, 5.74) is 1.07. The standard InChI is InChI=1S/C8H12N2O/c1-10(2)6-7-3-4-8(11)9-5-7/h3-5H,6H2,1-2H3,(H,9,11). The maximum Gasteiger partial charge on any atom is 0.247 e. The Morgan fingerprint density at radius 2 is 2.18 bits per heavy atom. The summed E-state index contributed by atoms with van der Waals surface area (Å²) in [7, 11) is 3.98. The van der Waals surface area contributed by atoms with Crippen molar-refractivity contribution in [1.82, 2.24) is 9.88 Å². The highest BCUT2D eigenvalue weighted by molar-refractivity contribution is 5.07. The van der Waals surface area contributed by atoms with Crippen LogP contribution in [-0.2, 0) is 6.54 Å². The first-order valence-corrected chi connectivity index (χ1v) is 3.51. The van der Waals surface area contributed by atoms with E-state index in [1.807, 2.05) is 25.1 Å². The molecule has 3 nitrogen and oxygen atoms in total. The molecule has 11 heavy (non-hydrogen) atoms. The molecule has 1 heterocycles. The highest BCUT2D eigenvalue weighted by Crippen LogP contribution is 1.95. The van der Waals surface area contributed by atoms with Crippen LogP contribution >= 0.6 is 0 Å². The molecule has 0 aliphatic heterocycles. The van der Waals surface area contributed by atoms with Crippen molar-refractivity contribution in [2.75, 3.05) is 14.1 Å². The molecule has 1 aromatic rings. The van der Waals surface area contributed by atoms with Crippen molar-refractivity contribution in [3.05, 3.63) is 34.2 Å². The van der Waals surface area contributed by atoms with E-state index in [2.05, 4.69) is 4.98 Å². The second-order valence-electron chi connectivity index (χ2n) is 2.80. The van der Waals surface area contributed by atoms with Gasteiger partial charge >= 0.3 is 0 Å². The van der Waals surface area contributed by atoms with E-state index in [9.17, 15) is 4.79 Å². The van der Waals surface area contributed by atoms with Gasteiger partial charge in [0, 0.05) is 18.8 Å². The fourth-order valence-corrected chi connectivity index (χ4v) is 0.906. The zero-order valence-corrected chi connectivity index (χ0v) is 6.79. The number of aromatic nitrogens is 1. The van der Waals surface area contributed by atoms with Crippen LogP contribution in [0.5, 0.6) is 0 Å². The maximum absolute atomic E-state index is 10.6. The molecular formula is C8H12N2O. The van der Waals surface area contributed by atoms with Crippen LogP contribution in [0.4, 0.5) is 0 Å². The zero-order valence-electron chi connectivity index (χ0n) is 6.79. The molecule has 0 saturated carbocycles. The molecule has 0 aliphatic rings. The molecule has 0 amide bonds. The lowest BCUT2D eigenvalue weighted by Gasteiger charge is -2.07. The van der Waals surface area contributed by atoms with Gasteiger partial charge in [-0.1, -0.05) is 6.07 Å². The molecule has 0 spiro atoms. The van der Waals surface area contributed by atoms with Gasteiger partial charge in [0.1, 0.15) is 0 Å². The summed E-state index contributed by atoms with van der Waals surface area (Å²) in [5, 5.41) is 0. The molecule has 0 aromatic carbocycles. The molecule has 0 atom stereocenters. The van der Waals surface area contributed by atoms with Gasteiger partial charge < -0.3 is 9.88 Å². The third-order valence-electron chi connectivity index (χ3n) is 1.35. The summed E-state index contributed by atoms with van der Waals surface area (Å²) in [5.74, 6) is 0. The Morgan fingerprint density at radius 3 is 2.64 bits per heavy atom. The topological polar surface area (TPSA) is 36.1 Å². The Bertz CT molecular complexity index is 257. The van der Waals surface area contributed by atoms with E-state index in [-0.39, 0.29) is 5.56 Å². The van der Waals surface area contributed by atoms with Crippen molar-refractivity contribution >= 4 is 0 Å². The van der Waals surface area contributed by atoms with Gasteiger partial charge in [-0.25, -0.2) is 0 Å². The Morgan fingerprint density at radius 1 is 1.45 bits per heavy atom. The molecule has 0 radical (unpaired) electrons. The summed E-state index contributed by atoms with van der Waals surface area (Å²) in [6.45, 7) is 0.858. The van der Waals surface area contributed by atoms with E-state index < -0.39 is 0 Å². The average molecular weight is 152 g/mol. The van der Waals surface area contributed by atoms with Gasteiger partial charge in [0.2, 0.25) is 5.56 Å². The summed E-state index contributed by atoms with van der Waals surface area (Å²) in [4.78, 5) is 15.3. The predicted molar refractivity (Wildman–Crippen MR) is 44.5 cm³/mol. The van der Waals surface area contributed by atoms with Crippen LogP contribution in [0.3, 0.4) is 0 Å². The van der Waals surface area contributed by atoms with E-state index >= 15 is 0 Å². The number of nitrogens with zero attached hydrogens (tertiary/aromatic N) is 1. The van der Waals surface area contributed by atoms with E-state index in [1.54, 1.807) is 12.3 Å². The lowest BCUT2D eigenvalue weighted by Crippen LogP contribution is -2.12. The number of H-pyrrole nitrogens is 1. The normalized spacial score (nSPS) is 10.5. The predicted octanol–water partition coefficient (Wildman–Crippen LogP) is 0.436. The third kappa shape index (κ3) is 2.55. The van der Waals surface area contributed by atoms with Gasteiger partial charge in [-0.05, 0) is 19.7 Å². The SMILES string of the molecule is CN(C)Cc1ccc(=O)[nH]c1. The van der Waals surface area contributed by atoms with E-state index in [0.717, 1.165) is 12.1 Å². The molecule has 3 heteroatoms. The third-order valence-corrected chi connectivity index (χ3v) is 1.35. The Balaban J connectivity index is 2.74. The van der Waals surface area contributed by atoms with E-state index in [0.29, 0.717) is 0 Å². The minimum absolute atomic E-state index is 0.0486. The molecular weight excluding hydrogens is 140 g/mol. The monoisotopic (exact) mass is 152 g/mol. The summed E-state index contributed by atoms with van der Waals surface area (Å²) in [6, 6.07) is 3.37. The molecule has 0 saturated heterocycles. The molecule has 1 N–H and O–H groups in total. The first kappa shape index (κ1) is 8.01. The van der Waals surface area contributed by atoms with Crippen LogP contribution in [0.15, 0.2) is 23.1 Å². The fraction of sp³-hybridized carbons (Fsp3) is 0.375. The van der Waals surface area contributed by atoms with Gasteiger partial charge in [0.25, 0.3) is 0 Å². The van der Waals surface area contributed by atoms with Crippen molar-refractivity contribution in [3.8, 4) is 0 Å². The van der Waals surface area contributed by atoms with E-state index in [4.69, 9.17) is 0 Å². The Labute approximate surface area is 65.7 Å². The van der Waals surface area contributed by atoms with Crippen molar-refractivity contribution in [2.24, 2.45) is 0 Å². The second-order valence-corrected chi connectivity index (χ2v) is 2.80. The van der Waals surface area contributed by atoms with Crippen LogP contribution in [0.1, 0.15) is 5.56 Å². The number of aromatic amines is 1. The lowest BCUT2D eigenvalue weighted by atomic mass is 10.3. The summed E-state index contributed by atoms with van der Waals surface area (Å²) >= 11 is 0. The number of nitrogens with one attached hydrogen (secondary N) is 1. The minimum atomic E-state index is -0.0486. The average Bonchev–Trinajstić information content (AvgIpc) is 1.93. The van der Waals surface area contributed by atoms with Crippen LogP contribution in [0.2, 0.25) is 0 Å². The number of rotatable bonds is 2. The number of hydrogen-bond acceptors (Lipinski definition) is 2. The largest absolute Gasteiger partial charge is 0.329 e. The first-order valence-electron chi connectivity index (χ1n) is 3.51. The highest BCUT2D eigenvalue weighted by atomic mass is 16.1. The smallest absolute Gasteiger partial charge is 0.247 e. The maximum atomic E-state index is 10.6. The number of hydrogen-bond donors (Lipinski definition) is 1. The molecule has 1 aromatic heterocycles. The molecule has 0 aliphatic carbocycles. The molecule has 0 unspecified atom stereocenters. The van der Waals surface area contributed by atoms with Gasteiger partial charge in [-0.15, -0.1) is 0 Å². The van der Waals surface area contributed by atoms with Crippen molar-refractivity contribution < 1.29 is 0 Å². The molecule has 1 rings (SSSR count). The summed E-state index contributed by atoms with van der Waals surface area (Å²) in [6.07, 6.45) is 1.74. The first-order chi connectivity index (χ1) is 5.18. The van der Waals surface area contributed by atoms with Crippen molar-refractivity contribution in [2.45, 2.75) is 6.54 Å². The lowest BCUT2D eigenvalue weighted by molar-refractivity contribution is 0.402. The summed E-state index contributed by atoms with van der Waals surface area (Å²) < 4.78 is 0. The quantitative estimate of drug-likeness (QED) is 0.667. The van der Waals surface area contributed by atoms with Crippen molar-refractivity contribution in [3.63, 3.8) is 0 Å². The van der Waals surface area contributed by atoms with Crippen LogP contribution in [0, 0.1) is 0 Å². The molecule has 60 valence electrons. The van der Waals surface area contributed by atoms with Crippen LogP contribution in [-0.4, -0.2) is 24.0 Å². The second kappa shape index (κ2) is 3.34. The fourth-order valence-electron chi connectivity index (χ4n) is 0.906. The van der Waals surface area contributed by atoms with Gasteiger partial charge in [-0.3, -0.25) is 4.79 Å². The Kier molecular flexibility index (Phi) is 2.44. The number of pyridine rings is 1. The van der Waals surface area contributed by atoms with Crippen molar-refractivity contribution in [1.29, 1.82) is 0 Å². The Hall–Kier alpha value is -1.09. The molecule has 0 fully saturated rings. The zero-order chi connectivity index (χ0) is 8.27. The highest BCUT2D eigenvalue weighted by Gasteiger charge is 1.92.